The average molecular weight is 692 g/mol. The Labute approximate surface area is 280 Å². The van der Waals surface area contributed by atoms with E-state index in [9.17, 15) is 0 Å². The molecule has 3 aromatic rings. The molecule has 4 fully saturated rings. The predicted octanol–water partition coefficient (Wildman–Crippen LogP) is 4.09. The van der Waals surface area contributed by atoms with Gasteiger partial charge in [-0.05, 0) is 25.1 Å². The van der Waals surface area contributed by atoms with Crippen molar-refractivity contribution in [2.75, 3.05) is 0 Å². The molecule has 6 aliphatic carbocycles. The van der Waals surface area contributed by atoms with Crippen LogP contribution >= 0.6 is 0 Å². The number of allylic oxidation sites excluding steroid dienone is 2. The average Bonchev–Trinajstić information content (AvgIpc) is 3.56. The van der Waals surface area contributed by atoms with E-state index in [1.54, 1.807) is 41.1 Å². The second-order valence-electron chi connectivity index (χ2n) is 14.8. The first-order valence-corrected chi connectivity index (χ1v) is 20.1. The third kappa shape index (κ3) is 4.46. The molecule has 8 aliphatic rings. The molecule has 0 amide bonds. The van der Waals surface area contributed by atoms with Crippen molar-refractivity contribution in [1.82, 2.24) is 0 Å². The van der Waals surface area contributed by atoms with Crippen LogP contribution in [0.2, 0.25) is 13.1 Å². The number of benzene rings is 2. The minimum Gasteiger partial charge on any atom is -1.00 e. The van der Waals surface area contributed by atoms with Gasteiger partial charge in [-0.25, -0.2) is 0 Å². The van der Waals surface area contributed by atoms with Crippen molar-refractivity contribution in [2.24, 2.45) is 17.8 Å². The fourth-order valence-corrected chi connectivity index (χ4v) is 15.6. The smallest absolute Gasteiger partial charge is 1.00 e. The van der Waals surface area contributed by atoms with E-state index in [0.717, 1.165) is 23.5 Å². The molecular weight excluding hydrogens is 651 g/mol. The molecule has 2 aliphatic heterocycles. The Morgan fingerprint density at radius 2 is 1.45 bits per heavy atom. The molecule has 3 heterocycles. The number of furan rings is 1. The van der Waals surface area contributed by atoms with Crippen molar-refractivity contribution in [3.63, 3.8) is 0 Å². The Kier molecular flexibility index (Phi) is 7.91. The van der Waals surface area contributed by atoms with Crippen LogP contribution in [0.4, 0.5) is 0 Å². The van der Waals surface area contributed by atoms with Gasteiger partial charge in [0, 0.05) is 11.1 Å². The number of rotatable bonds is 2. The van der Waals surface area contributed by atoms with Crippen LogP contribution in [0.3, 0.4) is 0 Å². The van der Waals surface area contributed by atoms with Crippen LogP contribution in [0.25, 0.3) is 22.4 Å². The van der Waals surface area contributed by atoms with Crippen molar-refractivity contribution in [2.45, 2.75) is 87.0 Å². The fraction of sp³-hybridized carbons (Fsp3) is 0.459. The molecule has 1 aromatic heterocycles. The SMILES string of the molecule is CC1=C2c3cc(C)oc3C1[Si]2(C)C.CC1=Cc2c(-c3ccc(C45CC6CC(CC(C6)C4)C5)cc3)cccc2[CH]1[Zr+2].[Cl-].[Cl-]. The Hall–Kier alpha value is -1.12. The molecule has 6 bridgehead atoms. The summed E-state index contributed by atoms with van der Waals surface area (Å²) >= 11 is 1.61. The zero-order valence-electron chi connectivity index (χ0n) is 25.5. The van der Waals surface area contributed by atoms with E-state index in [0.29, 0.717) is 14.6 Å². The Morgan fingerprint density at radius 1 is 0.833 bits per heavy atom. The molecule has 5 heteroatoms. The van der Waals surface area contributed by atoms with Gasteiger partial charge in [-0.2, -0.15) is 0 Å². The van der Waals surface area contributed by atoms with Crippen molar-refractivity contribution in [1.29, 1.82) is 0 Å². The minimum atomic E-state index is -1.10. The number of hydrogen-bond acceptors (Lipinski definition) is 1. The third-order valence-corrected chi connectivity index (χ3v) is 17.7. The standard InChI is InChI=1S/C26H27.C11H14OSi.2ClH.Zr/c1-17-9-22-3-2-4-24(25(22)10-17)21-5-7-23(8-6-21)26-14-18-11-19(15-26)13-20(12-18)16-26;1-6-5-8-9(12-6)11-7(2)10(8)13(11,3)4;;;/h2-10,18-20H,11-16H2,1H3;5,11H,1-4H3;2*1H;/q;;;;+2/p-2. The molecule has 4 saturated carbocycles. The number of aryl methyl sites for hydroxylation is 1. The van der Waals surface area contributed by atoms with Gasteiger partial charge in [-0.3, -0.25) is 0 Å². The van der Waals surface area contributed by atoms with Gasteiger partial charge in [0.25, 0.3) is 0 Å². The molecule has 0 N–H and O–H groups in total. The number of fused-ring (bicyclic) bond motifs is 1. The van der Waals surface area contributed by atoms with Gasteiger partial charge in [0.05, 0.1) is 8.07 Å². The van der Waals surface area contributed by atoms with Gasteiger partial charge in [-0.1, -0.05) is 18.7 Å². The van der Waals surface area contributed by atoms with E-state index in [1.165, 1.54) is 77.7 Å². The van der Waals surface area contributed by atoms with Crippen molar-refractivity contribution in [3.05, 3.63) is 93.5 Å². The summed E-state index contributed by atoms with van der Waals surface area (Å²) in [6.45, 7) is 11.5. The molecule has 0 radical (unpaired) electrons. The van der Waals surface area contributed by atoms with Crippen molar-refractivity contribution < 1.29 is 54.0 Å². The molecule has 0 saturated heterocycles. The summed E-state index contributed by atoms with van der Waals surface area (Å²) in [5.74, 6) is 5.41. The fourth-order valence-electron chi connectivity index (χ4n) is 10.6. The molecule has 1 nitrogen and oxygen atoms in total. The first-order valence-electron chi connectivity index (χ1n) is 15.6. The zero-order valence-corrected chi connectivity index (χ0v) is 30.5. The van der Waals surface area contributed by atoms with E-state index < -0.39 is 8.07 Å². The third-order valence-electron chi connectivity index (χ3n) is 11.7. The van der Waals surface area contributed by atoms with Crippen LogP contribution < -0.4 is 24.8 Å². The summed E-state index contributed by atoms with van der Waals surface area (Å²) in [6.07, 6.45) is 11.4. The summed E-state index contributed by atoms with van der Waals surface area (Å²) < 4.78 is 6.43. The van der Waals surface area contributed by atoms with Gasteiger partial charge in [0.15, 0.2) is 0 Å². The molecular formula is C37H41Cl2OSiZr. The predicted molar refractivity (Wildman–Crippen MR) is 164 cm³/mol. The van der Waals surface area contributed by atoms with Gasteiger partial charge in [-0.15, -0.1) is 0 Å². The minimum absolute atomic E-state index is 0. The maximum Gasteiger partial charge on any atom is -1.00 e. The van der Waals surface area contributed by atoms with Crippen molar-refractivity contribution in [3.8, 4) is 11.1 Å². The van der Waals surface area contributed by atoms with E-state index in [4.69, 9.17) is 4.42 Å². The second kappa shape index (κ2) is 10.8. The molecule has 2 atom stereocenters. The Bertz CT molecular complexity index is 1580. The van der Waals surface area contributed by atoms with Crippen LogP contribution in [0.15, 0.2) is 64.1 Å². The van der Waals surface area contributed by atoms with Crippen LogP contribution in [-0.4, -0.2) is 8.07 Å². The normalized spacial score (nSPS) is 31.7. The summed E-state index contributed by atoms with van der Waals surface area (Å²) in [4.78, 5) is 0. The molecule has 0 spiro atoms. The van der Waals surface area contributed by atoms with E-state index in [1.807, 2.05) is 6.92 Å². The van der Waals surface area contributed by atoms with Gasteiger partial charge < -0.3 is 29.2 Å². The van der Waals surface area contributed by atoms with Gasteiger partial charge >= 0.3 is 179 Å². The van der Waals surface area contributed by atoms with Gasteiger partial charge in [0.2, 0.25) is 0 Å². The Balaban J connectivity index is 0.000000178. The maximum absolute atomic E-state index is 5.78. The van der Waals surface area contributed by atoms with Crippen molar-refractivity contribution >= 4 is 19.3 Å². The quantitative estimate of drug-likeness (QED) is 0.370. The topological polar surface area (TPSA) is 13.1 Å². The molecule has 2 unspecified atom stereocenters. The first-order chi connectivity index (χ1) is 19.1. The molecule has 2 aromatic carbocycles. The number of hydrogen-bond donors (Lipinski definition) is 0. The molecule has 11 rings (SSSR count). The molecule has 217 valence electrons. The van der Waals surface area contributed by atoms with E-state index in [2.05, 4.69) is 81.5 Å². The first kappa shape index (κ1) is 30.9. The summed E-state index contributed by atoms with van der Waals surface area (Å²) in [5, 5.41) is 1.67. The van der Waals surface area contributed by atoms with E-state index in [-0.39, 0.29) is 24.8 Å². The zero-order chi connectivity index (χ0) is 27.6. The van der Waals surface area contributed by atoms with E-state index >= 15 is 0 Å². The summed E-state index contributed by atoms with van der Waals surface area (Å²) in [7, 11) is -1.10. The maximum atomic E-state index is 5.78. The number of halogens is 2. The van der Waals surface area contributed by atoms with Crippen LogP contribution in [0.5, 0.6) is 0 Å². The summed E-state index contributed by atoms with van der Waals surface area (Å²) in [6, 6.07) is 18.9. The molecule has 42 heavy (non-hydrogen) atoms. The monoisotopic (exact) mass is 689 g/mol. The van der Waals surface area contributed by atoms with Crippen LogP contribution in [0, 0.1) is 24.7 Å². The summed E-state index contributed by atoms with van der Waals surface area (Å²) in [5.41, 5.74) is 13.2. The van der Waals surface area contributed by atoms with Crippen LogP contribution in [0.1, 0.15) is 95.3 Å². The largest absolute Gasteiger partial charge is 1.00 e. The van der Waals surface area contributed by atoms with Gasteiger partial charge in [0.1, 0.15) is 11.5 Å². The second-order valence-corrected chi connectivity index (χ2v) is 20.7. The Morgan fingerprint density at radius 3 is 2.02 bits per heavy atom. The van der Waals surface area contributed by atoms with Crippen LogP contribution in [-0.2, 0) is 30.1 Å².